The first kappa shape index (κ1) is 14.7. The summed E-state index contributed by atoms with van der Waals surface area (Å²) in [5.74, 6) is 0. The number of amides is 2. The van der Waals surface area contributed by atoms with E-state index in [4.69, 9.17) is 0 Å². The minimum Gasteiger partial charge on any atom is -0.396 e. The lowest BCUT2D eigenvalue weighted by Crippen LogP contribution is -2.39. The monoisotopic (exact) mass is 277 g/mol. The predicted octanol–water partition coefficient (Wildman–Crippen LogP) is 1.32. The number of aliphatic hydroxyl groups excluding tert-OH is 1. The minimum atomic E-state index is -0.179. The Labute approximate surface area is 120 Å². The van der Waals surface area contributed by atoms with Gasteiger partial charge in [0.25, 0.3) is 0 Å². The Balaban J connectivity index is 1.72. The summed E-state index contributed by atoms with van der Waals surface area (Å²) >= 11 is 0. The highest BCUT2D eigenvalue weighted by molar-refractivity contribution is 5.73. The molecule has 2 rings (SSSR count). The zero-order chi connectivity index (χ0) is 14.6. The number of benzene rings is 1. The Morgan fingerprint density at radius 1 is 1.25 bits per heavy atom. The van der Waals surface area contributed by atoms with Gasteiger partial charge in [-0.2, -0.15) is 0 Å². The van der Waals surface area contributed by atoms with Gasteiger partial charge in [-0.05, 0) is 30.5 Å². The van der Waals surface area contributed by atoms with Gasteiger partial charge < -0.3 is 20.6 Å². The Morgan fingerprint density at radius 2 is 1.90 bits per heavy atom. The summed E-state index contributed by atoms with van der Waals surface area (Å²) in [6.45, 7) is 1.21. The van der Waals surface area contributed by atoms with Crippen molar-refractivity contribution in [2.45, 2.75) is 19.4 Å². The third kappa shape index (κ3) is 3.87. The molecule has 0 saturated heterocycles. The van der Waals surface area contributed by atoms with E-state index in [9.17, 15) is 9.90 Å². The van der Waals surface area contributed by atoms with Crippen LogP contribution in [0.3, 0.4) is 0 Å². The van der Waals surface area contributed by atoms with Gasteiger partial charge in [0.2, 0.25) is 0 Å². The van der Waals surface area contributed by atoms with Crippen molar-refractivity contribution in [3.63, 3.8) is 0 Å². The molecule has 1 fully saturated rings. The highest BCUT2D eigenvalue weighted by Gasteiger charge is 2.42. The number of aliphatic hydroxyl groups is 1. The second-order valence-corrected chi connectivity index (χ2v) is 5.76. The predicted molar refractivity (Wildman–Crippen MR) is 79.8 cm³/mol. The molecule has 1 aliphatic carbocycles. The Hall–Kier alpha value is -1.75. The van der Waals surface area contributed by atoms with Crippen LogP contribution in [-0.4, -0.2) is 38.4 Å². The van der Waals surface area contributed by atoms with Gasteiger partial charge in [0.05, 0.1) is 6.61 Å². The molecule has 1 aromatic rings. The molecule has 1 aliphatic rings. The zero-order valence-corrected chi connectivity index (χ0v) is 12.1. The molecular weight excluding hydrogens is 254 g/mol. The molecule has 0 unspecified atom stereocenters. The van der Waals surface area contributed by atoms with E-state index in [0.29, 0.717) is 13.1 Å². The number of nitrogens with one attached hydrogen (secondary N) is 2. The van der Waals surface area contributed by atoms with Crippen LogP contribution in [0.4, 0.5) is 10.5 Å². The van der Waals surface area contributed by atoms with Gasteiger partial charge in [-0.25, -0.2) is 4.79 Å². The molecule has 0 heterocycles. The highest BCUT2D eigenvalue weighted by Crippen LogP contribution is 2.44. The summed E-state index contributed by atoms with van der Waals surface area (Å²) < 4.78 is 0. The fourth-order valence-electron chi connectivity index (χ4n) is 1.99. The van der Waals surface area contributed by atoms with Crippen LogP contribution in [0.15, 0.2) is 24.3 Å². The molecule has 5 heteroatoms. The van der Waals surface area contributed by atoms with E-state index in [1.54, 1.807) is 0 Å². The maximum atomic E-state index is 11.7. The smallest absolute Gasteiger partial charge is 0.315 e. The van der Waals surface area contributed by atoms with Crippen LogP contribution < -0.4 is 15.5 Å². The van der Waals surface area contributed by atoms with Crippen molar-refractivity contribution in [1.82, 2.24) is 10.6 Å². The molecule has 5 nitrogen and oxygen atoms in total. The molecule has 0 aliphatic heterocycles. The number of nitrogens with zero attached hydrogens (tertiary/aromatic N) is 1. The fourth-order valence-corrected chi connectivity index (χ4v) is 1.99. The first-order valence-corrected chi connectivity index (χ1v) is 6.93. The fraction of sp³-hybridized carbons (Fsp3) is 0.533. The summed E-state index contributed by atoms with van der Waals surface area (Å²) in [5, 5.41) is 14.8. The third-order valence-electron chi connectivity index (χ3n) is 3.82. The second kappa shape index (κ2) is 6.13. The molecule has 3 N–H and O–H groups in total. The van der Waals surface area contributed by atoms with Crippen LogP contribution in [0.1, 0.15) is 18.4 Å². The average molecular weight is 277 g/mol. The largest absolute Gasteiger partial charge is 0.396 e. The molecule has 1 aromatic carbocycles. The number of carbonyl (C=O) groups excluding carboxylic acids is 1. The van der Waals surface area contributed by atoms with Crippen molar-refractivity contribution in [2.75, 3.05) is 32.1 Å². The maximum absolute atomic E-state index is 11.7. The number of carbonyl (C=O) groups is 1. The van der Waals surface area contributed by atoms with E-state index in [0.717, 1.165) is 24.1 Å². The van der Waals surface area contributed by atoms with Crippen LogP contribution in [0.5, 0.6) is 0 Å². The van der Waals surface area contributed by atoms with E-state index >= 15 is 0 Å². The number of hydrogen-bond donors (Lipinski definition) is 3. The van der Waals surface area contributed by atoms with Crippen molar-refractivity contribution in [3.8, 4) is 0 Å². The molecule has 0 bridgehead atoms. The molecule has 110 valence electrons. The molecule has 0 spiro atoms. The normalized spacial score (nSPS) is 15.6. The van der Waals surface area contributed by atoms with Crippen molar-refractivity contribution >= 4 is 11.7 Å². The van der Waals surface area contributed by atoms with E-state index in [1.807, 2.05) is 43.3 Å². The summed E-state index contributed by atoms with van der Waals surface area (Å²) in [6.07, 6.45) is 1.99. The van der Waals surface area contributed by atoms with Gasteiger partial charge in [0.1, 0.15) is 0 Å². The zero-order valence-electron chi connectivity index (χ0n) is 12.1. The van der Waals surface area contributed by atoms with Crippen LogP contribution in [0.2, 0.25) is 0 Å². The van der Waals surface area contributed by atoms with Crippen molar-refractivity contribution in [2.24, 2.45) is 5.41 Å². The Kier molecular flexibility index (Phi) is 4.49. The number of urea groups is 1. The van der Waals surface area contributed by atoms with Crippen LogP contribution in [-0.2, 0) is 6.54 Å². The first-order chi connectivity index (χ1) is 9.54. The third-order valence-corrected chi connectivity index (χ3v) is 3.82. The van der Waals surface area contributed by atoms with Gasteiger partial charge in [-0.1, -0.05) is 12.1 Å². The van der Waals surface area contributed by atoms with E-state index in [1.165, 1.54) is 0 Å². The van der Waals surface area contributed by atoms with E-state index in [2.05, 4.69) is 10.6 Å². The highest BCUT2D eigenvalue weighted by atomic mass is 16.3. The Bertz CT molecular complexity index is 453. The quantitative estimate of drug-likeness (QED) is 0.735. The standard InChI is InChI=1S/C15H23N3O2/c1-18(2)13-5-3-12(4-6-13)9-16-14(20)17-10-15(11-19)7-8-15/h3-6,19H,7-11H2,1-2H3,(H2,16,17,20). The minimum absolute atomic E-state index is 0.0509. The molecule has 1 saturated carbocycles. The first-order valence-electron chi connectivity index (χ1n) is 6.93. The summed E-state index contributed by atoms with van der Waals surface area (Å²) in [5.41, 5.74) is 2.15. The molecule has 2 amide bonds. The van der Waals surface area contributed by atoms with Crippen molar-refractivity contribution < 1.29 is 9.90 Å². The summed E-state index contributed by atoms with van der Waals surface area (Å²) in [4.78, 5) is 13.7. The second-order valence-electron chi connectivity index (χ2n) is 5.76. The van der Waals surface area contributed by atoms with E-state index in [-0.39, 0.29) is 18.1 Å². The van der Waals surface area contributed by atoms with Gasteiger partial charge in [0, 0.05) is 38.3 Å². The van der Waals surface area contributed by atoms with Crippen LogP contribution >= 0.6 is 0 Å². The van der Waals surface area contributed by atoms with Crippen LogP contribution in [0.25, 0.3) is 0 Å². The topological polar surface area (TPSA) is 64.6 Å². The number of hydrogen-bond acceptors (Lipinski definition) is 3. The van der Waals surface area contributed by atoms with Crippen LogP contribution in [0, 0.1) is 5.41 Å². The van der Waals surface area contributed by atoms with Gasteiger partial charge in [-0.15, -0.1) is 0 Å². The SMILES string of the molecule is CN(C)c1ccc(CNC(=O)NCC2(CO)CC2)cc1. The average Bonchev–Trinajstić information content (AvgIpc) is 3.24. The molecule has 0 aromatic heterocycles. The lowest BCUT2D eigenvalue weighted by atomic mass is 10.1. The molecule has 0 atom stereocenters. The van der Waals surface area contributed by atoms with E-state index < -0.39 is 0 Å². The maximum Gasteiger partial charge on any atom is 0.315 e. The number of rotatable bonds is 6. The van der Waals surface area contributed by atoms with Gasteiger partial charge >= 0.3 is 6.03 Å². The van der Waals surface area contributed by atoms with Gasteiger partial charge in [-0.3, -0.25) is 0 Å². The molecular formula is C15H23N3O2. The lowest BCUT2D eigenvalue weighted by Gasteiger charge is -2.14. The summed E-state index contributed by atoms with van der Waals surface area (Å²) in [6, 6.07) is 7.89. The van der Waals surface area contributed by atoms with Crippen molar-refractivity contribution in [1.29, 1.82) is 0 Å². The lowest BCUT2D eigenvalue weighted by molar-refractivity contribution is 0.203. The molecule has 0 radical (unpaired) electrons. The Morgan fingerprint density at radius 3 is 2.40 bits per heavy atom. The summed E-state index contributed by atoms with van der Waals surface area (Å²) in [7, 11) is 3.99. The molecule has 20 heavy (non-hydrogen) atoms. The van der Waals surface area contributed by atoms with Crippen molar-refractivity contribution in [3.05, 3.63) is 29.8 Å². The van der Waals surface area contributed by atoms with Gasteiger partial charge in [0.15, 0.2) is 0 Å². The number of anilines is 1.